The summed E-state index contributed by atoms with van der Waals surface area (Å²) < 4.78 is 10.9. The number of carboxylic acids is 1. The van der Waals surface area contributed by atoms with Gasteiger partial charge >= 0.3 is 12.1 Å². The molecule has 2 rings (SSSR count). The number of nitrogens with one attached hydrogen (secondary N) is 1. The van der Waals surface area contributed by atoms with Crippen LogP contribution in [0.1, 0.15) is 42.3 Å². The summed E-state index contributed by atoms with van der Waals surface area (Å²) in [6, 6.07) is 14.2. The van der Waals surface area contributed by atoms with Crippen LogP contribution in [0.5, 0.6) is 5.75 Å². The molecule has 0 bridgehead atoms. The minimum absolute atomic E-state index is 0.183. The minimum atomic E-state index is -0.970. The topological polar surface area (TPSA) is 84.9 Å². The molecule has 27 heavy (non-hydrogen) atoms. The fourth-order valence-corrected chi connectivity index (χ4v) is 2.39. The molecule has 144 valence electrons. The number of carbonyl (C=O) groups is 2. The van der Waals surface area contributed by atoms with Crippen molar-refractivity contribution in [1.82, 2.24) is 5.32 Å². The van der Waals surface area contributed by atoms with Gasteiger partial charge in [0.1, 0.15) is 18.0 Å². The molecule has 6 nitrogen and oxygen atoms in total. The normalized spacial score (nSPS) is 10.9. The van der Waals surface area contributed by atoms with Gasteiger partial charge in [-0.1, -0.05) is 30.3 Å². The molecule has 2 aromatic rings. The standard InChI is InChI=1S/C21H25NO5/c1-21(2,3)27-20(25)22-13-12-15-8-10-17(11-9-15)26-14-16-6-4-5-7-18(16)19(23)24/h4-11H,12-14H2,1-3H3,(H,22,25)(H,23,24). The van der Waals surface area contributed by atoms with Crippen molar-refractivity contribution in [2.75, 3.05) is 6.54 Å². The number of hydrogen-bond donors (Lipinski definition) is 2. The second-order valence-electron chi connectivity index (χ2n) is 7.07. The highest BCUT2D eigenvalue weighted by molar-refractivity contribution is 5.89. The van der Waals surface area contributed by atoms with E-state index in [4.69, 9.17) is 9.47 Å². The lowest BCUT2D eigenvalue weighted by Crippen LogP contribution is -2.33. The Kier molecular flexibility index (Phi) is 6.82. The summed E-state index contributed by atoms with van der Waals surface area (Å²) in [6.45, 7) is 6.11. The number of alkyl carbamates (subject to hydrolysis) is 1. The highest BCUT2D eigenvalue weighted by Gasteiger charge is 2.15. The summed E-state index contributed by atoms with van der Waals surface area (Å²) in [5.74, 6) is -0.318. The van der Waals surface area contributed by atoms with E-state index in [2.05, 4.69) is 5.32 Å². The van der Waals surface area contributed by atoms with Gasteiger partial charge in [0.15, 0.2) is 0 Å². The van der Waals surface area contributed by atoms with Crippen LogP contribution in [-0.2, 0) is 17.8 Å². The van der Waals surface area contributed by atoms with Crippen molar-refractivity contribution < 1.29 is 24.2 Å². The average Bonchev–Trinajstić information content (AvgIpc) is 2.59. The van der Waals surface area contributed by atoms with Crippen LogP contribution in [0.2, 0.25) is 0 Å². The first kappa shape index (κ1) is 20.3. The number of amides is 1. The molecular weight excluding hydrogens is 346 g/mol. The van der Waals surface area contributed by atoms with Crippen molar-refractivity contribution in [2.24, 2.45) is 0 Å². The smallest absolute Gasteiger partial charge is 0.407 e. The van der Waals surface area contributed by atoms with Gasteiger partial charge in [-0.2, -0.15) is 0 Å². The Balaban J connectivity index is 1.82. The van der Waals surface area contributed by atoms with E-state index in [1.807, 2.05) is 45.0 Å². The predicted octanol–water partition coefficient (Wildman–Crippen LogP) is 4.03. The van der Waals surface area contributed by atoms with Crippen LogP contribution < -0.4 is 10.1 Å². The van der Waals surface area contributed by atoms with Gasteiger partial charge in [-0.25, -0.2) is 9.59 Å². The molecule has 0 heterocycles. The lowest BCUT2D eigenvalue weighted by atomic mass is 10.1. The van der Waals surface area contributed by atoms with E-state index in [1.165, 1.54) is 0 Å². The third-order valence-electron chi connectivity index (χ3n) is 3.65. The van der Waals surface area contributed by atoms with Crippen molar-refractivity contribution in [3.05, 3.63) is 65.2 Å². The van der Waals surface area contributed by atoms with Gasteiger partial charge in [-0.3, -0.25) is 0 Å². The number of rotatable bonds is 7. The van der Waals surface area contributed by atoms with E-state index < -0.39 is 17.7 Å². The van der Waals surface area contributed by atoms with E-state index in [9.17, 15) is 14.7 Å². The van der Waals surface area contributed by atoms with E-state index >= 15 is 0 Å². The Bertz CT molecular complexity index is 778. The van der Waals surface area contributed by atoms with E-state index in [1.54, 1.807) is 24.3 Å². The summed E-state index contributed by atoms with van der Waals surface area (Å²) in [4.78, 5) is 22.8. The van der Waals surface area contributed by atoms with Crippen LogP contribution in [0, 0.1) is 0 Å². The lowest BCUT2D eigenvalue weighted by Gasteiger charge is -2.19. The van der Waals surface area contributed by atoms with Crippen LogP contribution >= 0.6 is 0 Å². The van der Waals surface area contributed by atoms with Gasteiger partial charge in [0.05, 0.1) is 5.56 Å². The molecule has 0 radical (unpaired) electrons. The van der Waals surface area contributed by atoms with Crippen LogP contribution in [-0.4, -0.2) is 29.3 Å². The Hall–Kier alpha value is -3.02. The number of carboxylic acid groups (broad SMARTS) is 1. The summed E-state index contributed by atoms with van der Waals surface area (Å²) in [7, 11) is 0. The molecule has 0 aliphatic rings. The zero-order chi connectivity index (χ0) is 19.9. The third-order valence-corrected chi connectivity index (χ3v) is 3.65. The molecule has 0 aliphatic carbocycles. The Morgan fingerprint density at radius 2 is 1.70 bits per heavy atom. The molecule has 0 aromatic heterocycles. The number of hydrogen-bond acceptors (Lipinski definition) is 4. The molecule has 0 fully saturated rings. The Labute approximate surface area is 159 Å². The van der Waals surface area contributed by atoms with Crippen molar-refractivity contribution >= 4 is 12.1 Å². The third kappa shape index (κ3) is 7.01. The quantitative estimate of drug-likeness (QED) is 0.767. The number of benzene rings is 2. The van der Waals surface area contributed by atoms with Gasteiger partial charge in [-0.15, -0.1) is 0 Å². The van der Waals surface area contributed by atoms with Gasteiger partial charge in [0, 0.05) is 12.1 Å². The van der Waals surface area contributed by atoms with Crippen LogP contribution in [0.3, 0.4) is 0 Å². The van der Waals surface area contributed by atoms with Crippen LogP contribution in [0.15, 0.2) is 48.5 Å². The molecule has 0 atom stereocenters. The molecule has 0 spiro atoms. The molecule has 1 amide bonds. The van der Waals surface area contributed by atoms with Crippen molar-refractivity contribution in [3.63, 3.8) is 0 Å². The summed E-state index contributed by atoms with van der Waals surface area (Å²) in [5.41, 5.74) is 1.39. The van der Waals surface area contributed by atoms with Crippen molar-refractivity contribution in [3.8, 4) is 5.75 Å². The number of ether oxygens (including phenoxy) is 2. The fraction of sp³-hybridized carbons (Fsp3) is 0.333. The fourth-order valence-electron chi connectivity index (χ4n) is 2.39. The van der Waals surface area contributed by atoms with E-state index in [0.29, 0.717) is 24.3 Å². The minimum Gasteiger partial charge on any atom is -0.489 e. The Morgan fingerprint density at radius 1 is 1.04 bits per heavy atom. The summed E-state index contributed by atoms with van der Waals surface area (Å²) in [5, 5.41) is 11.9. The Morgan fingerprint density at radius 3 is 2.33 bits per heavy atom. The molecule has 2 aromatic carbocycles. The van der Waals surface area contributed by atoms with Gasteiger partial charge in [0.25, 0.3) is 0 Å². The van der Waals surface area contributed by atoms with Gasteiger partial charge < -0.3 is 19.9 Å². The number of aromatic carboxylic acids is 1. The molecule has 0 aliphatic heterocycles. The lowest BCUT2D eigenvalue weighted by molar-refractivity contribution is 0.0528. The molecular formula is C21H25NO5. The van der Waals surface area contributed by atoms with Crippen LogP contribution in [0.25, 0.3) is 0 Å². The van der Waals surface area contributed by atoms with Crippen LogP contribution in [0.4, 0.5) is 4.79 Å². The zero-order valence-electron chi connectivity index (χ0n) is 15.8. The molecule has 0 saturated heterocycles. The molecule has 0 unspecified atom stereocenters. The first-order chi connectivity index (χ1) is 12.7. The molecule has 2 N–H and O–H groups in total. The van der Waals surface area contributed by atoms with Crippen molar-refractivity contribution in [2.45, 2.75) is 39.4 Å². The SMILES string of the molecule is CC(C)(C)OC(=O)NCCc1ccc(OCc2ccccc2C(=O)O)cc1. The van der Waals surface area contributed by atoms with E-state index in [-0.39, 0.29) is 12.2 Å². The largest absolute Gasteiger partial charge is 0.489 e. The summed E-state index contributed by atoms with van der Waals surface area (Å²) >= 11 is 0. The second kappa shape index (κ2) is 9.07. The van der Waals surface area contributed by atoms with Gasteiger partial charge in [-0.05, 0) is 51.0 Å². The molecule has 6 heteroatoms. The second-order valence-corrected chi connectivity index (χ2v) is 7.07. The monoisotopic (exact) mass is 371 g/mol. The molecule has 0 saturated carbocycles. The zero-order valence-corrected chi connectivity index (χ0v) is 15.8. The maximum absolute atomic E-state index is 11.6. The highest BCUT2D eigenvalue weighted by Crippen LogP contribution is 2.16. The summed E-state index contributed by atoms with van der Waals surface area (Å²) in [6.07, 6.45) is 0.237. The number of carbonyl (C=O) groups excluding carboxylic acids is 1. The first-order valence-electron chi connectivity index (χ1n) is 8.74. The van der Waals surface area contributed by atoms with Gasteiger partial charge in [0.2, 0.25) is 0 Å². The first-order valence-corrected chi connectivity index (χ1v) is 8.74. The van der Waals surface area contributed by atoms with E-state index in [0.717, 1.165) is 5.56 Å². The predicted molar refractivity (Wildman–Crippen MR) is 102 cm³/mol. The average molecular weight is 371 g/mol. The maximum Gasteiger partial charge on any atom is 0.407 e. The van der Waals surface area contributed by atoms with Crippen molar-refractivity contribution in [1.29, 1.82) is 0 Å². The maximum atomic E-state index is 11.6. The highest BCUT2D eigenvalue weighted by atomic mass is 16.6.